The van der Waals surface area contributed by atoms with Crippen molar-refractivity contribution in [2.24, 2.45) is 0 Å². The van der Waals surface area contributed by atoms with Crippen LogP contribution in [0.1, 0.15) is 21.6 Å². The van der Waals surface area contributed by atoms with Crippen LogP contribution in [-0.2, 0) is 0 Å². The summed E-state index contributed by atoms with van der Waals surface area (Å²) in [6.07, 6.45) is 3.37. The zero-order valence-electron chi connectivity index (χ0n) is 13.7. The number of amides is 1. The van der Waals surface area contributed by atoms with Crippen LogP contribution in [0.5, 0.6) is 0 Å². The number of nitriles is 1. The lowest BCUT2D eigenvalue weighted by Crippen LogP contribution is -2.12. The Morgan fingerprint density at radius 3 is 2.62 bits per heavy atom. The van der Waals surface area contributed by atoms with Crippen molar-refractivity contribution >= 4 is 34.8 Å². The predicted octanol–water partition coefficient (Wildman–Crippen LogP) is 5.05. The SMILES string of the molecule is N#C/C(=C\c1cccc(NC(=O)c2ccccc2Cl)c1)c1ccccn1. The number of anilines is 1. The van der Waals surface area contributed by atoms with E-state index in [2.05, 4.69) is 16.4 Å². The molecule has 126 valence electrons. The van der Waals surface area contributed by atoms with Crippen LogP contribution < -0.4 is 5.32 Å². The Bertz CT molecular complexity index is 1010. The Morgan fingerprint density at radius 1 is 1.08 bits per heavy atom. The lowest BCUT2D eigenvalue weighted by atomic mass is 10.1. The molecule has 0 atom stereocenters. The van der Waals surface area contributed by atoms with Gasteiger partial charge in [0.25, 0.3) is 5.91 Å². The van der Waals surface area contributed by atoms with Gasteiger partial charge in [0.15, 0.2) is 0 Å². The highest BCUT2D eigenvalue weighted by molar-refractivity contribution is 6.34. The maximum absolute atomic E-state index is 12.4. The Kier molecular flexibility index (Phi) is 5.43. The molecule has 1 heterocycles. The Labute approximate surface area is 156 Å². The number of nitrogens with one attached hydrogen (secondary N) is 1. The smallest absolute Gasteiger partial charge is 0.257 e. The lowest BCUT2D eigenvalue weighted by molar-refractivity contribution is 0.102. The first-order valence-electron chi connectivity index (χ1n) is 7.86. The van der Waals surface area contributed by atoms with E-state index in [0.717, 1.165) is 5.56 Å². The van der Waals surface area contributed by atoms with Crippen LogP contribution >= 0.6 is 11.6 Å². The summed E-state index contributed by atoms with van der Waals surface area (Å²) in [7, 11) is 0. The standard InChI is InChI=1S/C21H14ClN3O/c22-19-9-2-1-8-18(19)21(26)25-17-7-5-6-15(13-17)12-16(14-23)20-10-3-4-11-24-20/h1-13H,(H,25,26)/b16-12+. The minimum atomic E-state index is -0.290. The lowest BCUT2D eigenvalue weighted by Gasteiger charge is -2.07. The Morgan fingerprint density at radius 2 is 1.88 bits per heavy atom. The van der Waals surface area contributed by atoms with E-state index >= 15 is 0 Å². The maximum atomic E-state index is 12.4. The van der Waals surface area contributed by atoms with Gasteiger partial charge in [-0.15, -0.1) is 0 Å². The Hall–Kier alpha value is -3.42. The fourth-order valence-electron chi connectivity index (χ4n) is 2.40. The van der Waals surface area contributed by atoms with Gasteiger partial charge in [0.05, 0.1) is 21.9 Å². The highest BCUT2D eigenvalue weighted by atomic mass is 35.5. The van der Waals surface area contributed by atoms with E-state index in [0.29, 0.717) is 27.5 Å². The first-order valence-corrected chi connectivity index (χ1v) is 8.24. The summed E-state index contributed by atoms with van der Waals surface area (Å²) >= 11 is 6.06. The summed E-state index contributed by atoms with van der Waals surface area (Å²) in [5.74, 6) is -0.290. The van der Waals surface area contributed by atoms with E-state index in [1.165, 1.54) is 0 Å². The topological polar surface area (TPSA) is 65.8 Å². The van der Waals surface area contributed by atoms with Crippen molar-refractivity contribution < 1.29 is 4.79 Å². The number of hydrogen-bond acceptors (Lipinski definition) is 3. The average molecular weight is 360 g/mol. The zero-order valence-corrected chi connectivity index (χ0v) is 14.4. The van der Waals surface area contributed by atoms with Crippen molar-refractivity contribution in [3.63, 3.8) is 0 Å². The minimum absolute atomic E-state index is 0.290. The molecule has 3 rings (SSSR count). The molecule has 0 unspecified atom stereocenters. The fraction of sp³-hybridized carbons (Fsp3) is 0. The van der Waals surface area contributed by atoms with Crippen LogP contribution in [0.25, 0.3) is 11.6 Å². The van der Waals surface area contributed by atoms with Gasteiger partial charge in [-0.3, -0.25) is 9.78 Å². The molecule has 1 aromatic heterocycles. The molecule has 0 aliphatic heterocycles. The second-order valence-corrected chi connectivity index (χ2v) is 5.85. The zero-order chi connectivity index (χ0) is 18.4. The van der Waals surface area contributed by atoms with Crippen LogP contribution in [0.2, 0.25) is 5.02 Å². The van der Waals surface area contributed by atoms with Crippen molar-refractivity contribution in [2.75, 3.05) is 5.32 Å². The summed E-state index contributed by atoms with van der Waals surface area (Å²) < 4.78 is 0. The van der Waals surface area contributed by atoms with Gasteiger partial charge < -0.3 is 5.32 Å². The number of pyridine rings is 1. The number of halogens is 1. The highest BCUT2D eigenvalue weighted by Crippen LogP contribution is 2.20. The first-order chi connectivity index (χ1) is 12.7. The predicted molar refractivity (Wildman–Crippen MR) is 104 cm³/mol. The molecular weight excluding hydrogens is 346 g/mol. The average Bonchev–Trinajstić information content (AvgIpc) is 2.67. The number of carbonyl (C=O) groups is 1. The van der Waals surface area contributed by atoms with Crippen molar-refractivity contribution in [3.8, 4) is 6.07 Å². The van der Waals surface area contributed by atoms with Crippen LogP contribution in [0.3, 0.4) is 0 Å². The summed E-state index contributed by atoms with van der Waals surface area (Å²) in [5.41, 5.74) is 2.84. The molecule has 0 fully saturated rings. The quantitative estimate of drug-likeness (QED) is 0.663. The van der Waals surface area contributed by atoms with E-state index in [4.69, 9.17) is 11.6 Å². The van der Waals surface area contributed by atoms with Gasteiger partial charge in [0.2, 0.25) is 0 Å². The molecule has 0 bridgehead atoms. The van der Waals surface area contributed by atoms with Crippen molar-refractivity contribution in [1.82, 2.24) is 4.98 Å². The van der Waals surface area contributed by atoms with Gasteiger partial charge >= 0.3 is 0 Å². The molecule has 3 aromatic rings. The van der Waals surface area contributed by atoms with E-state index < -0.39 is 0 Å². The molecule has 5 heteroatoms. The molecule has 1 N–H and O–H groups in total. The third kappa shape index (κ3) is 4.15. The molecule has 0 aliphatic rings. The fourth-order valence-corrected chi connectivity index (χ4v) is 2.62. The molecule has 1 amide bonds. The van der Waals surface area contributed by atoms with Crippen LogP contribution in [0.4, 0.5) is 5.69 Å². The number of carbonyl (C=O) groups excluding carboxylic acids is 1. The third-order valence-electron chi connectivity index (χ3n) is 3.64. The molecule has 0 aliphatic carbocycles. The van der Waals surface area contributed by atoms with Gasteiger partial charge in [-0.25, -0.2) is 0 Å². The number of benzene rings is 2. The monoisotopic (exact) mass is 359 g/mol. The van der Waals surface area contributed by atoms with Gasteiger partial charge in [0.1, 0.15) is 6.07 Å². The number of nitrogens with zero attached hydrogens (tertiary/aromatic N) is 2. The first kappa shape index (κ1) is 17.4. The molecule has 0 radical (unpaired) electrons. The second-order valence-electron chi connectivity index (χ2n) is 5.44. The van der Waals surface area contributed by atoms with E-state index in [1.807, 2.05) is 18.2 Å². The summed E-state index contributed by atoms with van der Waals surface area (Å²) in [6.45, 7) is 0. The molecule has 2 aromatic carbocycles. The van der Waals surface area contributed by atoms with Crippen LogP contribution in [0, 0.1) is 11.3 Å². The van der Waals surface area contributed by atoms with E-state index in [1.54, 1.807) is 60.8 Å². The van der Waals surface area contributed by atoms with E-state index in [9.17, 15) is 10.1 Å². The van der Waals surface area contributed by atoms with Gasteiger partial charge in [0, 0.05) is 11.9 Å². The van der Waals surface area contributed by atoms with Crippen molar-refractivity contribution in [3.05, 3.63) is 94.8 Å². The molecule has 0 saturated carbocycles. The second kappa shape index (κ2) is 8.11. The van der Waals surface area contributed by atoms with E-state index in [-0.39, 0.29) is 5.91 Å². The molecule has 26 heavy (non-hydrogen) atoms. The van der Waals surface area contributed by atoms with Gasteiger partial charge in [-0.1, -0.05) is 41.9 Å². The summed E-state index contributed by atoms with van der Waals surface area (Å²) in [5, 5.41) is 12.6. The van der Waals surface area contributed by atoms with Gasteiger partial charge in [-0.2, -0.15) is 5.26 Å². The molecule has 0 saturated heterocycles. The summed E-state index contributed by atoms with van der Waals surface area (Å²) in [6, 6.07) is 21.6. The number of allylic oxidation sites excluding steroid dienone is 1. The summed E-state index contributed by atoms with van der Waals surface area (Å²) in [4.78, 5) is 16.6. The highest BCUT2D eigenvalue weighted by Gasteiger charge is 2.10. The van der Waals surface area contributed by atoms with Crippen molar-refractivity contribution in [2.45, 2.75) is 0 Å². The van der Waals surface area contributed by atoms with Gasteiger partial charge in [-0.05, 0) is 48.0 Å². The number of aromatic nitrogens is 1. The third-order valence-corrected chi connectivity index (χ3v) is 3.96. The normalized spacial score (nSPS) is 10.8. The van der Waals surface area contributed by atoms with Crippen LogP contribution in [-0.4, -0.2) is 10.9 Å². The van der Waals surface area contributed by atoms with Crippen molar-refractivity contribution in [1.29, 1.82) is 5.26 Å². The molecular formula is C21H14ClN3O. The number of rotatable bonds is 4. The Balaban J connectivity index is 1.85. The maximum Gasteiger partial charge on any atom is 0.257 e. The number of hydrogen-bond donors (Lipinski definition) is 1. The molecule has 4 nitrogen and oxygen atoms in total. The van der Waals surface area contributed by atoms with Crippen LogP contribution in [0.15, 0.2) is 72.9 Å². The largest absolute Gasteiger partial charge is 0.322 e. The molecule has 0 spiro atoms. The minimum Gasteiger partial charge on any atom is -0.322 e.